The Labute approximate surface area is 160 Å². The van der Waals surface area contributed by atoms with Gasteiger partial charge in [-0.15, -0.1) is 0 Å². The molecule has 0 spiro atoms. The predicted octanol–water partition coefficient (Wildman–Crippen LogP) is 2.55. The predicted molar refractivity (Wildman–Crippen MR) is 102 cm³/mol. The molecular weight excluding hydrogens is 342 g/mol. The van der Waals surface area contributed by atoms with Gasteiger partial charge < -0.3 is 15.3 Å². The molecule has 4 rings (SSSR count). The first-order chi connectivity index (χ1) is 13.0. The molecule has 1 aromatic carbocycles. The van der Waals surface area contributed by atoms with E-state index < -0.39 is 11.4 Å². The van der Waals surface area contributed by atoms with E-state index in [9.17, 15) is 14.7 Å². The molecule has 2 unspecified atom stereocenters. The Kier molecular flexibility index (Phi) is 4.84. The maximum absolute atomic E-state index is 12.8. The molecule has 4 atom stereocenters. The van der Waals surface area contributed by atoms with Gasteiger partial charge in [0.1, 0.15) is 0 Å². The first-order valence-electron chi connectivity index (χ1n) is 10.0. The fraction of sp³-hybridized carbons (Fsp3) is 0.619. The standard InChI is InChI=1S/C21H29N3O3/c1-15-10-18(13-23(15)11-16-6-3-2-4-7-16)22-20(27)24-12-17-8-5-9-21(17,14-24)19(25)26/h2-4,6-7,15,17-18H,5,8-14H2,1H3,(H,22,27)(H,25,26)/t15?,17-,18?,21+/m0/s1. The highest BCUT2D eigenvalue weighted by atomic mass is 16.4. The number of carbonyl (C=O) groups excluding carboxylic acids is 1. The Morgan fingerprint density at radius 3 is 2.74 bits per heavy atom. The van der Waals surface area contributed by atoms with Crippen LogP contribution in [0.3, 0.4) is 0 Å². The molecule has 0 radical (unpaired) electrons. The van der Waals surface area contributed by atoms with Crippen LogP contribution in [-0.2, 0) is 11.3 Å². The van der Waals surface area contributed by atoms with Gasteiger partial charge in [0.15, 0.2) is 0 Å². The number of carbonyl (C=O) groups is 2. The van der Waals surface area contributed by atoms with Crippen LogP contribution in [0, 0.1) is 11.3 Å². The van der Waals surface area contributed by atoms with Gasteiger partial charge in [-0.3, -0.25) is 9.69 Å². The van der Waals surface area contributed by atoms with Gasteiger partial charge in [0.05, 0.1) is 5.41 Å². The molecule has 3 aliphatic rings. The minimum absolute atomic E-state index is 0.0937. The number of urea groups is 1. The number of amides is 2. The molecule has 3 fully saturated rings. The number of hydrogen-bond acceptors (Lipinski definition) is 3. The summed E-state index contributed by atoms with van der Waals surface area (Å²) in [4.78, 5) is 28.7. The minimum atomic E-state index is -0.733. The van der Waals surface area contributed by atoms with Crippen molar-refractivity contribution in [3.63, 3.8) is 0 Å². The number of nitrogens with zero attached hydrogens (tertiary/aromatic N) is 2. The van der Waals surface area contributed by atoms with Crippen molar-refractivity contribution in [2.45, 2.75) is 51.2 Å². The summed E-state index contributed by atoms with van der Waals surface area (Å²) in [5, 5.41) is 12.9. The van der Waals surface area contributed by atoms with E-state index in [4.69, 9.17) is 0 Å². The molecule has 2 amide bonds. The number of carboxylic acids is 1. The third kappa shape index (κ3) is 3.43. The number of fused-ring (bicyclic) bond motifs is 1. The highest BCUT2D eigenvalue weighted by Gasteiger charge is 2.56. The summed E-state index contributed by atoms with van der Waals surface area (Å²) in [5.41, 5.74) is 0.576. The third-order valence-corrected chi connectivity index (χ3v) is 6.84. The lowest BCUT2D eigenvalue weighted by atomic mass is 9.81. The number of aliphatic carboxylic acids is 1. The lowest BCUT2D eigenvalue weighted by Crippen LogP contribution is -2.46. The lowest BCUT2D eigenvalue weighted by molar-refractivity contribution is -0.149. The van der Waals surface area contributed by atoms with E-state index >= 15 is 0 Å². The van der Waals surface area contributed by atoms with Gasteiger partial charge in [-0.2, -0.15) is 0 Å². The number of nitrogens with one attached hydrogen (secondary N) is 1. The van der Waals surface area contributed by atoms with Gasteiger partial charge in [0.2, 0.25) is 0 Å². The average Bonchev–Trinajstić information content (AvgIpc) is 3.29. The maximum Gasteiger partial charge on any atom is 0.317 e. The molecule has 2 aliphatic heterocycles. The Bertz CT molecular complexity index is 710. The molecule has 2 N–H and O–H groups in total. The number of hydrogen-bond donors (Lipinski definition) is 2. The summed E-state index contributed by atoms with van der Waals surface area (Å²) in [5.74, 6) is -0.623. The summed E-state index contributed by atoms with van der Waals surface area (Å²) >= 11 is 0. The van der Waals surface area contributed by atoms with Gasteiger partial charge in [0.25, 0.3) is 0 Å². The van der Waals surface area contributed by atoms with E-state index in [1.165, 1.54) is 5.56 Å². The highest BCUT2D eigenvalue weighted by molar-refractivity contribution is 5.80. The molecule has 6 nitrogen and oxygen atoms in total. The second kappa shape index (κ2) is 7.15. The summed E-state index contributed by atoms with van der Waals surface area (Å²) in [6.07, 6.45) is 3.50. The average molecular weight is 371 g/mol. The summed E-state index contributed by atoms with van der Waals surface area (Å²) in [7, 11) is 0. The summed E-state index contributed by atoms with van der Waals surface area (Å²) < 4.78 is 0. The molecule has 27 heavy (non-hydrogen) atoms. The largest absolute Gasteiger partial charge is 0.481 e. The van der Waals surface area contributed by atoms with Crippen LogP contribution in [0.4, 0.5) is 4.79 Å². The molecule has 0 bridgehead atoms. The van der Waals surface area contributed by atoms with Crippen molar-refractivity contribution in [2.75, 3.05) is 19.6 Å². The topological polar surface area (TPSA) is 72.9 Å². The van der Waals surface area contributed by atoms with Crippen LogP contribution >= 0.6 is 0 Å². The van der Waals surface area contributed by atoms with Crippen LogP contribution in [0.5, 0.6) is 0 Å². The van der Waals surface area contributed by atoms with E-state index in [1.807, 2.05) is 6.07 Å². The lowest BCUT2D eigenvalue weighted by Gasteiger charge is -2.24. The molecule has 6 heteroatoms. The number of likely N-dealkylation sites (tertiary alicyclic amines) is 2. The summed E-state index contributed by atoms with van der Waals surface area (Å²) in [6, 6.07) is 10.8. The Hall–Kier alpha value is -2.08. The smallest absolute Gasteiger partial charge is 0.317 e. The summed E-state index contributed by atoms with van der Waals surface area (Å²) in [6.45, 7) is 4.86. The van der Waals surface area contributed by atoms with E-state index in [1.54, 1.807) is 4.90 Å². The zero-order chi connectivity index (χ0) is 19.0. The van der Waals surface area contributed by atoms with Crippen molar-refractivity contribution in [1.82, 2.24) is 15.1 Å². The monoisotopic (exact) mass is 371 g/mol. The van der Waals surface area contributed by atoms with Gasteiger partial charge in [-0.25, -0.2) is 4.79 Å². The van der Waals surface area contributed by atoms with E-state index in [0.717, 1.165) is 32.4 Å². The maximum atomic E-state index is 12.8. The third-order valence-electron chi connectivity index (χ3n) is 6.84. The molecule has 1 saturated carbocycles. The van der Waals surface area contributed by atoms with Crippen LogP contribution in [-0.4, -0.2) is 58.6 Å². The fourth-order valence-corrected chi connectivity index (χ4v) is 5.30. The molecule has 0 aromatic heterocycles. The van der Waals surface area contributed by atoms with Crippen molar-refractivity contribution in [2.24, 2.45) is 11.3 Å². The van der Waals surface area contributed by atoms with Crippen molar-refractivity contribution in [1.29, 1.82) is 0 Å². The van der Waals surface area contributed by atoms with E-state index in [-0.39, 0.29) is 18.0 Å². The number of rotatable bonds is 4. The molecule has 2 saturated heterocycles. The highest BCUT2D eigenvalue weighted by Crippen LogP contribution is 2.48. The molecular formula is C21H29N3O3. The SMILES string of the molecule is CC1CC(NC(=O)N2C[C@@H]3CCC[C@@]3(C(=O)O)C2)CN1Cc1ccccc1. The van der Waals surface area contributed by atoms with Crippen LogP contribution < -0.4 is 5.32 Å². The van der Waals surface area contributed by atoms with E-state index in [0.29, 0.717) is 25.6 Å². The van der Waals surface area contributed by atoms with Crippen molar-refractivity contribution in [3.05, 3.63) is 35.9 Å². The number of carboxylic acid groups (broad SMARTS) is 1. The normalized spacial score (nSPS) is 33.2. The van der Waals surface area contributed by atoms with Crippen LogP contribution in [0.1, 0.15) is 38.2 Å². The Morgan fingerprint density at radius 1 is 1.26 bits per heavy atom. The minimum Gasteiger partial charge on any atom is -0.481 e. The first-order valence-corrected chi connectivity index (χ1v) is 10.0. The van der Waals surface area contributed by atoms with Crippen molar-refractivity contribution in [3.8, 4) is 0 Å². The quantitative estimate of drug-likeness (QED) is 0.853. The first kappa shape index (κ1) is 18.3. The van der Waals surface area contributed by atoms with Crippen molar-refractivity contribution >= 4 is 12.0 Å². The zero-order valence-electron chi connectivity index (χ0n) is 15.9. The van der Waals surface area contributed by atoms with Gasteiger partial charge in [-0.1, -0.05) is 36.8 Å². The molecule has 2 heterocycles. The molecule has 1 aliphatic carbocycles. The molecule has 146 valence electrons. The van der Waals surface area contributed by atoms with Crippen LogP contribution in [0.25, 0.3) is 0 Å². The van der Waals surface area contributed by atoms with E-state index in [2.05, 4.69) is 41.4 Å². The second-order valence-electron chi connectivity index (χ2n) is 8.58. The van der Waals surface area contributed by atoms with Crippen molar-refractivity contribution < 1.29 is 14.7 Å². The Morgan fingerprint density at radius 2 is 2.04 bits per heavy atom. The van der Waals surface area contributed by atoms with Gasteiger partial charge in [0, 0.05) is 38.3 Å². The van der Waals surface area contributed by atoms with Gasteiger partial charge >= 0.3 is 12.0 Å². The number of benzene rings is 1. The fourth-order valence-electron chi connectivity index (χ4n) is 5.30. The Balaban J connectivity index is 1.33. The second-order valence-corrected chi connectivity index (χ2v) is 8.58. The molecule has 1 aromatic rings. The zero-order valence-corrected chi connectivity index (χ0v) is 15.9. The van der Waals surface area contributed by atoms with Crippen LogP contribution in [0.2, 0.25) is 0 Å². The van der Waals surface area contributed by atoms with Gasteiger partial charge in [-0.05, 0) is 37.7 Å². The van der Waals surface area contributed by atoms with Crippen LogP contribution in [0.15, 0.2) is 30.3 Å².